The maximum Gasteiger partial charge on any atom is 0.428 e. The van der Waals surface area contributed by atoms with Gasteiger partial charge in [0.15, 0.2) is 26.0 Å². The van der Waals surface area contributed by atoms with Gasteiger partial charge in [0.05, 0.1) is 6.61 Å². The molecular formula is C26H39ClF2O6S2. The summed E-state index contributed by atoms with van der Waals surface area (Å²) in [6, 6.07) is 10.4. The molecule has 0 bridgehead atoms. The van der Waals surface area contributed by atoms with Crippen LogP contribution in [0.4, 0.5) is 8.78 Å². The van der Waals surface area contributed by atoms with Crippen LogP contribution < -0.4 is 0 Å². The molecular weight excluding hydrogens is 546 g/mol. The summed E-state index contributed by atoms with van der Waals surface area (Å²) in [5.74, 6) is -1.14. The highest BCUT2D eigenvalue weighted by Crippen LogP contribution is 2.26. The summed E-state index contributed by atoms with van der Waals surface area (Å²) in [5, 5.41) is -4.73. The van der Waals surface area contributed by atoms with Crippen molar-refractivity contribution in [3.63, 3.8) is 0 Å². The fraction of sp³-hybridized carbons (Fsp3) is 0.692. The molecule has 212 valence electrons. The lowest BCUT2D eigenvalue weighted by Crippen LogP contribution is -2.39. The van der Waals surface area contributed by atoms with Crippen LogP contribution in [0.3, 0.4) is 0 Å². The smallest absolute Gasteiger partial charge is 0.428 e. The fourth-order valence-electron chi connectivity index (χ4n) is 3.91. The molecule has 0 heterocycles. The first-order valence-electron chi connectivity index (χ1n) is 12.8. The number of unbranched alkanes of at least 4 members (excludes halogenated alkanes) is 8. The molecule has 1 aromatic carbocycles. The normalized spacial score (nSPS) is 17.0. The van der Waals surface area contributed by atoms with E-state index in [-0.39, 0.29) is 17.5 Å². The van der Waals surface area contributed by atoms with Gasteiger partial charge in [-0.2, -0.15) is 8.78 Å². The van der Waals surface area contributed by atoms with Crippen LogP contribution in [0.5, 0.6) is 0 Å². The highest BCUT2D eigenvalue weighted by molar-refractivity contribution is 7.97. The number of ether oxygens (including phenoxy) is 1. The van der Waals surface area contributed by atoms with Crippen molar-refractivity contribution in [3.8, 4) is 0 Å². The highest BCUT2D eigenvalue weighted by Gasteiger charge is 2.48. The summed E-state index contributed by atoms with van der Waals surface area (Å²) >= 11 is 5.55. The molecule has 0 aromatic heterocycles. The van der Waals surface area contributed by atoms with E-state index in [9.17, 15) is 31.3 Å². The summed E-state index contributed by atoms with van der Waals surface area (Å²) in [6.07, 6.45) is 14.8. The van der Waals surface area contributed by atoms with E-state index in [1.807, 2.05) is 6.07 Å². The van der Waals surface area contributed by atoms with Crippen LogP contribution in [0.1, 0.15) is 83.5 Å². The number of Topliss-reactive ketones (excluding diaryl/α,β-unsaturated/α-hetero) is 1. The zero-order valence-corrected chi connectivity index (χ0v) is 23.9. The van der Waals surface area contributed by atoms with Crippen LogP contribution in [-0.4, -0.2) is 54.0 Å². The molecule has 2 atom stereocenters. The molecule has 0 radical (unpaired) electrons. The number of benzene rings is 1. The first kappa shape index (κ1) is 33.8. The van der Waals surface area contributed by atoms with Crippen molar-refractivity contribution in [1.82, 2.24) is 0 Å². The van der Waals surface area contributed by atoms with Crippen LogP contribution in [0.2, 0.25) is 0 Å². The van der Waals surface area contributed by atoms with Crippen LogP contribution in [0.15, 0.2) is 35.2 Å². The second-order valence-corrected chi connectivity index (χ2v) is 13.0. The van der Waals surface area contributed by atoms with Gasteiger partial charge in [0, 0.05) is 29.6 Å². The van der Waals surface area contributed by atoms with Crippen molar-refractivity contribution in [3.05, 3.63) is 30.3 Å². The average Bonchev–Trinajstić information content (AvgIpc) is 2.87. The van der Waals surface area contributed by atoms with Gasteiger partial charge in [-0.15, -0.1) is 11.6 Å². The van der Waals surface area contributed by atoms with Crippen molar-refractivity contribution in [2.45, 2.75) is 98.9 Å². The Morgan fingerprint density at radius 3 is 2.08 bits per heavy atom. The predicted octanol–water partition coefficient (Wildman–Crippen LogP) is 6.22. The molecule has 37 heavy (non-hydrogen) atoms. The number of hydrogen-bond donors (Lipinski definition) is 0. The van der Waals surface area contributed by atoms with E-state index < -0.39 is 21.3 Å². The number of esters is 1. The second kappa shape index (κ2) is 18.1. The molecule has 2 rings (SSSR count). The largest absolute Gasteiger partial charge is 0.743 e. The summed E-state index contributed by atoms with van der Waals surface area (Å²) in [6.45, 7) is -0.320. The van der Waals surface area contributed by atoms with Crippen LogP contribution in [0, 0.1) is 0 Å². The Morgan fingerprint density at radius 1 is 1.03 bits per heavy atom. The van der Waals surface area contributed by atoms with E-state index in [1.54, 1.807) is 0 Å². The Balaban J connectivity index is 0.000000394. The number of rotatable bonds is 15. The van der Waals surface area contributed by atoms with Crippen molar-refractivity contribution in [2.75, 3.05) is 18.7 Å². The van der Waals surface area contributed by atoms with E-state index in [2.05, 4.69) is 35.3 Å². The monoisotopic (exact) mass is 584 g/mol. The van der Waals surface area contributed by atoms with E-state index >= 15 is 0 Å². The molecule has 1 fully saturated rings. The van der Waals surface area contributed by atoms with E-state index in [0.29, 0.717) is 29.8 Å². The second-order valence-electron chi connectivity index (χ2n) is 9.05. The van der Waals surface area contributed by atoms with Gasteiger partial charge in [0.2, 0.25) is 0 Å². The summed E-state index contributed by atoms with van der Waals surface area (Å²) in [5.41, 5.74) is 0. The predicted molar refractivity (Wildman–Crippen MR) is 143 cm³/mol. The highest BCUT2D eigenvalue weighted by atomic mass is 35.5. The number of halogens is 3. The molecule has 2 unspecified atom stereocenters. The van der Waals surface area contributed by atoms with Crippen molar-refractivity contribution < 1.29 is 36.1 Å². The SMILES string of the molecule is C[S+](c1ccccc1)C1CCCCC1=O.O=C(OCCCCCCCCCCCCl)C(F)(F)S(=O)(=O)[O-]. The van der Waals surface area contributed by atoms with Crippen LogP contribution in [-0.2, 0) is 35.3 Å². The third-order valence-corrected chi connectivity index (χ3v) is 9.53. The Labute approximate surface area is 228 Å². The van der Waals surface area contributed by atoms with Gasteiger partial charge in [0.25, 0.3) is 0 Å². The summed E-state index contributed by atoms with van der Waals surface area (Å²) in [7, 11) is -5.93. The topological polar surface area (TPSA) is 101 Å². The van der Waals surface area contributed by atoms with Gasteiger partial charge in [0.1, 0.15) is 6.26 Å². The Hall–Kier alpha value is -1.23. The molecule has 0 spiro atoms. The lowest BCUT2D eigenvalue weighted by molar-refractivity contribution is -0.161. The van der Waals surface area contributed by atoms with E-state index in [0.717, 1.165) is 64.2 Å². The van der Waals surface area contributed by atoms with Gasteiger partial charge in [-0.1, -0.05) is 63.1 Å². The maximum atomic E-state index is 12.7. The van der Waals surface area contributed by atoms with E-state index in [1.165, 1.54) is 11.3 Å². The molecule has 0 amide bonds. The Bertz CT molecular complexity index is 900. The standard InChI is InChI=1S/C13H23ClF2O5S.C13H17OS/c14-10-8-6-4-2-1-3-5-7-9-11-21-12(17)13(15,16)22(18,19)20;1-15(11-7-3-2-4-8-11)13-10-6-5-9-12(13)14/h1-11H2,(H,18,19,20);2-4,7-8,13H,5-6,9-10H2,1H3/q;+1/p-1. The van der Waals surface area contributed by atoms with Crippen molar-refractivity contribution in [2.24, 2.45) is 0 Å². The van der Waals surface area contributed by atoms with Crippen LogP contribution in [0.25, 0.3) is 0 Å². The van der Waals surface area contributed by atoms with Gasteiger partial charge in [-0.05, 0) is 37.8 Å². The third kappa shape index (κ3) is 12.9. The van der Waals surface area contributed by atoms with Gasteiger partial charge in [-0.3, -0.25) is 4.79 Å². The fourth-order valence-corrected chi connectivity index (χ4v) is 6.31. The minimum absolute atomic E-state index is 0.101. The zero-order chi connectivity index (χ0) is 27.7. The lowest BCUT2D eigenvalue weighted by Gasteiger charge is -2.19. The van der Waals surface area contributed by atoms with Gasteiger partial charge in [-0.25, -0.2) is 13.2 Å². The molecule has 1 aromatic rings. The minimum atomic E-state index is -6.03. The summed E-state index contributed by atoms with van der Waals surface area (Å²) < 4.78 is 60.2. The number of carbonyl (C=O) groups excluding carboxylic acids is 2. The van der Waals surface area contributed by atoms with Crippen molar-refractivity contribution >= 4 is 44.4 Å². The molecule has 1 saturated carbocycles. The maximum absolute atomic E-state index is 12.7. The van der Waals surface area contributed by atoms with E-state index in [4.69, 9.17) is 11.6 Å². The molecule has 0 N–H and O–H groups in total. The Morgan fingerprint density at radius 2 is 1.57 bits per heavy atom. The van der Waals surface area contributed by atoms with Crippen LogP contribution >= 0.6 is 11.6 Å². The lowest BCUT2D eigenvalue weighted by atomic mass is 9.99. The number of hydrogen-bond acceptors (Lipinski definition) is 6. The van der Waals surface area contributed by atoms with Gasteiger partial charge < -0.3 is 9.29 Å². The number of alkyl halides is 3. The van der Waals surface area contributed by atoms with Crippen molar-refractivity contribution in [1.29, 1.82) is 0 Å². The quantitative estimate of drug-likeness (QED) is 0.0797. The Kier molecular flexibility index (Phi) is 16.6. The molecule has 1 aliphatic rings. The third-order valence-electron chi connectivity index (χ3n) is 6.10. The minimum Gasteiger partial charge on any atom is -0.743 e. The first-order valence-corrected chi connectivity index (χ1v) is 16.4. The average molecular weight is 585 g/mol. The molecule has 0 aliphatic heterocycles. The molecule has 0 saturated heterocycles. The first-order chi connectivity index (χ1) is 17.5. The number of ketones is 1. The summed E-state index contributed by atoms with van der Waals surface area (Å²) in [4.78, 5) is 24.0. The van der Waals surface area contributed by atoms with Gasteiger partial charge >= 0.3 is 11.2 Å². The molecule has 11 heteroatoms. The zero-order valence-electron chi connectivity index (χ0n) is 21.5. The molecule has 1 aliphatic carbocycles. The molecule has 6 nitrogen and oxygen atoms in total. The number of carbonyl (C=O) groups is 2.